The van der Waals surface area contributed by atoms with Gasteiger partial charge in [-0.1, -0.05) is 6.92 Å². The van der Waals surface area contributed by atoms with Crippen LogP contribution in [0.2, 0.25) is 0 Å². The summed E-state index contributed by atoms with van der Waals surface area (Å²) in [5.41, 5.74) is 5.94. The molecular formula is C16H23N3O2. The lowest BCUT2D eigenvalue weighted by Gasteiger charge is -2.13. The number of benzene rings is 1. The van der Waals surface area contributed by atoms with Gasteiger partial charge in [0.25, 0.3) is 0 Å². The molecule has 21 heavy (non-hydrogen) atoms. The lowest BCUT2D eigenvalue weighted by atomic mass is 10.1. The SMILES string of the molecule is CCC(N)CCNc1nccc2cc(OC)c(OC)cc12. The van der Waals surface area contributed by atoms with Crippen molar-refractivity contribution in [3.05, 3.63) is 24.4 Å². The number of nitrogens with zero attached hydrogens (tertiary/aromatic N) is 1. The highest BCUT2D eigenvalue weighted by Crippen LogP contribution is 2.34. The molecule has 0 saturated carbocycles. The molecule has 0 saturated heterocycles. The molecule has 1 aromatic heterocycles. The Morgan fingerprint density at radius 3 is 2.62 bits per heavy atom. The fraction of sp³-hybridized carbons (Fsp3) is 0.438. The zero-order valence-corrected chi connectivity index (χ0v) is 12.8. The van der Waals surface area contributed by atoms with Gasteiger partial charge in [-0.25, -0.2) is 4.98 Å². The largest absolute Gasteiger partial charge is 0.493 e. The van der Waals surface area contributed by atoms with Crippen LogP contribution in [0.1, 0.15) is 19.8 Å². The van der Waals surface area contributed by atoms with Gasteiger partial charge < -0.3 is 20.5 Å². The van der Waals surface area contributed by atoms with E-state index in [4.69, 9.17) is 15.2 Å². The molecule has 0 radical (unpaired) electrons. The Balaban J connectivity index is 2.27. The maximum absolute atomic E-state index is 5.94. The van der Waals surface area contributed by atoms with Gasteiger partial charge in [0, 0.05) is 24.2 Å². The van der Waals surface area contributed by atoms with E-state index < -0.39 is 0 Å². The number of anilines is 1. The Hall–Kier alpha value is -2.01. The van der Waals surface area contributed by atoms with E-state index in [0.29, 0.717) is 5.75 Å². The summed E-state index contributed by atoms with van der Waals surface area (Å²) in [6, 6.07) is 6.09. The molecule has 0 spiro atoms. The second kappa shape index (κ2) is 7.13. The molecule has 5 nitrogen and oxygen atoms in total. The summed E-state index contributed by atoms with van der Waals surface area (Å²) in [5.74, 6) is 2.26. The number of hydrogen-bond acceptors (Lipinski definition) is 5. The van der Waals surface area contributed by atoms with E-state index in [0.717, 1.165) is 41.7 Å². The minimum atomic E-state index is 0.224. The zero-order valence-electron chi connectivity index (χ0n) is 12.8. The number of ether oxygens (including phenoxy) is 2. The number of nitrogens with two attached hydrogens (primary N) is 1. The van der Waals surface area contributed by atoms with Crippen LogP contribution in [0, 0.1) is 0 Å². The monoisotopic (exact) mass is 289 g/mol. The average molecular weight is 289 g/mol. The van der Waals surface area contributed by atoms with Crippen LogP contribution in [0.5, 0.6) is 11.5 Å². The first-order valence-corrected chi connectivity index (χ1v) is 7.19. The minimum Gasteiger partial charge on any atom is -0.493 e. The van der Waals surface area contributed by atoms with Crippen LogP contribution in [0.25, 0.3) is 10.8 Å². The summed E-state index contributed by atoms with van der Waals surface area (Å²) in [4.78, 5) is 4.41. The molecular weight excluding hydrogens is 266 g/mol. The second-order valence-electron chi connectivity index (χ2n) is 4.97. The molecule has 0 fully saturated rings. The molecule has 3 N–H and O–H groups in total. The fourth-order valence-corrected chi connectivity index (χ4v) is 2.22. The summed E-state index contributed by atoms with van der Waals surface area (Å²) >= 11 is 0. The Morgan fingerprint density at radius 1 is 1.24 bits per heavy atom. The van der Waals surface area contributed by atoms with E-state index >= 15 is 0 Å². The summed E-state index contributed by atoms with van der Waals surface area (Å²) in [5, 5.41) is 5.43. The highest BCUT2D eigenvalue weighted by molar-refractivity contribution is 5.94. The molecule has 0 aliphatic rings. The molecule has 0 aliphatic heterocycles. The van der Waals surface area contributed by atoms with Crippen molar-refractivity contribution < 1.29 is 9.47 Å². The fourth-order valence-electron chi connectivity index (χ4n) is 2.22. The van der Waals surface area contributed by atoms with Crippen LogP contribution in [-0.4, -0.2) is 31.8 Å². The van der Waals surface area contributed by atoms with Crippen LogP contribution in [0.4, 0.5) is 5.82 Å². The lowest BCUT2D eigenvalue weighted by molar-refractivity contribution is 0.356. The van der Waals surface area contributed by atoms with Crippen molar-refractivity contribution in [1.82, 2.24) is 4.98 Å². The van der Waals surface area contributed by atoms with Crippen LogP contribution < -0.4 is 20.5 Å². The Morgan fingerprint density at radius 2 is 1.95 bits per heavy atom. The van der Waals surface area contributed by atoms with E-state index in [1.807, 2.05) is 18.2 Å². The van der Waals surface area contributed by atoms with E-state index in [2.05, 4.69) is 17.2 Å². The normalized spacial score (nSPS) is 12.2. The second-order valence-corrected chi connectivity index (χ2v) is 4.97. The van der Waals surface area contributed by atoms with Crippen LogP contribution in [-0.2, 0) is 0 Å². The Bertz CT molecular complexity index is 601. The van der Waals surface area contributed by atoms with E-state index in [-0.39, 0.29) is 6.04 Å². The van der Waals surface area contributed by atoms with Crippen molar-refractivity contribution in [3.63, 3.8) is 0 Å². The van der Waals surface area contributed by atoms with Crippen molar-refractivity contribution >= 4 is 16.6 Å². The third-order valence-corrected chi connectivity index (χ3v) is 3.60. The predicted octanol–water partition coefficient (Wildman–Crippen LogP) is 2.79. The molecule has 1 heterocycles. The van der Waals surface area contributed by atoms with E-state index in [9.17, 15) is 0 Å². The van der Waals surface area contributed by atoms with Gasteiger partial charge in [-0.15, -0.1) is 0 Å². The van der Waals surface area contributed by atoms with Crippen molar-refractivity contribution in [2.24, 2.45) is 5.73 Å². The standard InChI is InChI=1S/C16H23N3O2/c1-4-12(17)6-8-19-16-13-10-15(21-3)14(20-2)9-11(13)5-7-18-16/h5,7,9-10,12H,4,6,8,17H2,1-3H3,(H,18,19). The molecule has 1 aromatic carbocycles. The van der Waals surface area contributed by atoms with Crippen molar-refractivity contribution in [3.8, 4) is 11.5 Å². The van der Waals surface area contributed by atoms with Crippen LogP contribution in [0.3, 0.4) is 0 Å². The number of aromatic nitrogens is 1. The topological polar surface area (TPSA) is 69.4 Å². The van der Waals surface area contributed by atoms with Crippen molar-refractivity contribution in [2.75, 3.05) is 26.1 Å². The van der Waals surface area contributed by atoms with Gasteiger partial charge in [-0.2, -0.15) is 0 Å². The summed E-state index contributed by atoms with van der Waals surface area (Å²) in [6.45, 7) is 2.90. The van der Waals surface area contributed by atoms with Gasteiger partial charge >= 0.3 is 0 Å². The van der Waals surface area contributed by atoms with E-state index in [1.165, 1.54) is 0 Å². The third kappa shape index (κ3) is 3.55. The average Bonchev–Trinajstić information content (AvgIpc) is 2.53. The maximum Gasteiger partial charge on any atom is 0.161 e. The molecule has 0 amide bonds. The Kier molecular flexibility index (Phi) is 5.22. The first-order chi connectivity index (χ1) is 10.2. The zero-order chi connectivity index (χ0) is 15.2. The molecule has 0 aliphatic carbocycles. The number of nitrogens with one attached hydrogen (secondary N) is 1. The van der Waals surface area contributed by atoms with Crippen molar-refractivity contribution in [2.45, 2.75) is 25.8 Å². The van der Waals surface area contributed by atoms with Crippen LogP contribution >= 0.6 is 0 Å². The van der Waals surface area contributed by atoms with Gasteiger partial charge in [0.1, 0.15) is 5.82 Å². The molecule has 2 aromatic rings. The molecule has 2 rings (SSSR count). The quantitative estimate of drug-likeness (QED) is 0.820. The van der Waals surface area contributed by atoms with Crippen molar-refractivity contribution in [1.29, 1.82) is 0 Å². The van der Waals surface area contributed by atoms with Gasteiger partial charge in [0.2, 0.25) is 0 Å². The summed E-state index contributed by atoms with van der Waals surface area (Å²) in [7, 11) is 3.27. The smallest absolute Gasteiger partial charge is 0.161 e. The lowest BCUT2D eigenvalue weighted by Crippen LogP contribution is -2.22. The minimum absolute atomic E-state index is 0.224. The molecule has 5 heteroatoms. The van der Waals surface area contributed by atoms with Gasteiger partial charge in [0.15, 0.2) is 11.5 Å². The first-order valence-electron chi connectivity index (χ1n) is 7.19. The van der Waals surface area contributed by atoms with Gasteiger partial charge in [0.05, 0.1) is 14.2 Å². The molecule has 1 atom stereocenters. The number of methoxy groups -OCH3 is 2. The number of rotatable bonds is 7. The first kappa shape index (κ1) is 15.4. The Labute approximate surface area is 125 Å². The highest BCUT2D eigenvalue weighted by atomic mass is 16.5. The van der Waals surface area contributed by atoms with E-state index in [1.54, 1.807) is 20.4 Å². The number of pyridine rings is 1. The summed E-state index contributed by atoms with van der Waals surface area (Å²) in [6.07, 6.45) is 3.69. The summed E-state index contributed by atoms with van der Waals surface area (Å²) < 4.78 is 10.7. The number of fused-ring (bicyclic) bond motifs is 1. The number of hydrogen-bond donors (Lipinski definition) is 2. The van der Waals surface area contributed by atoms with Gasteiger partial charge in [-0.3, -0.25) is 0 Å². The maximum atomic E-state index is 5.94. The molecule has 114 valence electrons. The third-order valence-electron chi connectivity index (χ3n) is 3.60. The predicted molar refractivity (Wildman–Crippen MR) is 86.2 cm³/mol. The molecule has 0 bridgehead atoms. The molecule has 1 unspecified atom stereocenters. The van der Waals surface area contributed by atoms with Gasteiger partial charge in [-0.05, 0) is 36.4 Å². The van der Waals surface area contributed by atoms with Crippen LogP contribution in [0.15, 0.2) is 24.4 Å². The highest BCUT2D eigenvalue weighted by Gasteiger charge is 2.09.